The predicted molar refractivity (Wildman–Crippen MR) is 96.3 cm³/mol. The highest BCUT2D eigenvalue weighted by molar-refractivity contribution is 5.34. The van der Waals surface area contributed by atoms with Crippen molar-refractivity contribution in [2.24, 2.45) is 11.3 Å². The molecule has 1 nitrogen and oxygen atoms in total. The first-order valence-corrected chi connectivity index (χ1v) is 9.80. The molecule has 0 aromatic heterocycles. The molecule has 2 saturated carbocycles. The number of rotatable bonds is 5. The Bertz CT molecular complexity index is 536. The topological polar surface area (TPSA) is 23.8 Å². The van der Waals surface area contributed by atoms with Crippen LogP contribution in [0.25, 0.3) is 0 Å². The zero-order valence-corrected chi connectivity index (χ0v) is 14.7. The summed E-state index contributed by atoms with van der Waals surface area (Å²) in [7, 11) is 0. The van der Waals surface area contributed by atoms with Crippen LogP contribution in [0.15, 0.2) is 24.3 Å². The predicted octanol–water partition coefficient (Wildman–Crippen LogP) is 6.58. The van der Waals surface area contributed by atoms with Gasteiger partial charge in [-0.15, -0.1) is 0 Å². The lowest BCUT2D eigenvalue weighted by Gasteiger charge is -2.53. The van der Waals surface area contributed by atoms with Gasteiger partial charge in [-0.1, -0.05) is 57.6 Å². The van der Waals surface area contributed by atoms with E-state index >= 15 is 0 Å². The van der Waals surface area contributed by atoms with Crippen LogP contribution in [0.2, 0.25) is 0 Å². The number of hydrogen-bond donors (Lipinski definition) is 0. The van der Waals surface area contributed by atoms with Crippen molar-refractivity contribution in [2.45, 2.75) is 83.5 Å². The molecule has 0 amide bonds. The van der Waals surface area contributed by atoms with Gasteiger partial charge in [0.05, 0.1) is 11.6 Å². The van der Waals surface area contributed by atoms with Gasteiger partial charge in [-0.3, -0.25) is 0 Å². The third kappa shape index (κ3) is 3.32. The van der Waals surface area contributed by atoms with Crippen LogP contribution in [0.1, 0.15) is 94.6 Å². The highest BCUT2D eigenvalue weighted by atomic mass is 14.5. The summed E-state index contributed by atoms with van der Waals surface area (Å²) in [6.45, 7) is 2.31. The van der Waals surface area contributed by atoms with Crippen LogP contribution in [0, 0.1) is 22.7 Å². The summed E-state index contributed by atoms with van der Waals surface area (Å²) in [5.74, 6) is 1.67. The zero-order valence-electron chi connectivity index (χ0n) is 14.7. The molecule has 0 bridgehead atoms. The van der Waals surface area contributed by atoms with Gasteiger partial charge in [-0.05, 0) is 67.1 Å². The van der Waals surface area contributed by atoms with Gasteiger partial charge >= 0.3 is 0 Å². The molecule has 2 unspecified atom stereocenters. The number of unbranched alkanes of at least 4 members (excludes halogenated alkanes) is 2. The molecule has 124 valence electrons. The maximum absolute atomic E-state index is 9.07. The first kappa shape index (κ1) is 16.6. The Morgan fingerprint density at radius 1 is 1.04 bits per heavy atom. The van der Waals surface area contributed by atoms with Gasteiger partial charge in [0.25, 0.3) is 0 Å². The van der Waals surface area contributed by atoms with E-state index in [-0.39, 0.29) is 0 Å². The molecule has 2 aliphatic rings. The summed E-state index contributed by atoms with van der Waals surface area (Å²) in [4.78, 5) is 0. The van der Waals surface area contributed by atoms with E-state index in [1.807, 2.05) is 12.1 Å². The lowest BCUT2D eigenvalue weighted by atomic mass is 9.51. The molecule has 0 radical (unpaired) electrons. The Kier molecular flexibility index (Phi) is 5.42. The average molecular weight is 309 g/mol. The Morgan fingerprint density at radius 2 is 1.83 bits per heavy atom. The van der Waals surface area contributed by atoms with Crippen molar-refractivity contribution in [1.82, 2.24) is 0 Å². The molecule has 1 aromatic carbocycles. The summed E-state index contributed by atoms with van der Waals surface area (Å²) in [6, 6.07) is 10.8. The van der Waals surface area contributed by atoms with Gasteiger partial charge in [-0.25, -0.2) is 0 Å². The van der Waals surface area contributed by atoms with E-state index < -0.39 is 0 Å². The fraction of sp³-hybridized carbons (Fsp3) is 0.682. The summed E-state index contributed by atoms with van der Waals surface area (Å²) >= 11 is 0. The van der Waals surface area contributed by atoms with E-state index in [1.54, 1.807) is 0 Å². The summed E-state index contributed by atoms with van der Waals surface area (Å²) in [5, 5.41) is 9.07. The number of fused-ring (bicyclic) bond motifs is 1. The number of hydrogen-bond acceptors (Lipinski definition) is 1. The van der Waals surface area contributed by atoms with Crippen LogP contribution >= 0.6 is 0 Å². The van der Waals surface area contributed by atoms with E-state index in [2.05, 4.69) is 25.1 Å². The molecule has 0 spiro atoms. The third-order valence-electron chi connectivity index (χ3n) is 6.69. The van der Waals surface area contributed by atoms with E-state index in [1.165, 1.54) is 76.2 Å². The average Bonchev–Trinajstić information content (AvgIpc) is 2.61. The van der Waals surface area contributed by atoms with Gasteiger partial charge < -0.3 is 0 Å². The Balaban J connectivity index is 1.89. The third-order valence-corrected chi connectivity index (χ3v) is 6.69. The van der Waals surface area contributed by atoms with Crippen LogP contribution < -0.4 is 0 Å². The van der Waals surface area contributed by atoms with Crippen molar-refractivity contribution < 1.29 is 0 Å². The molecule has 3 atom stereocenters. The number of benzene rings is 1. The first-order valence-electron chi connectivity index (χ1n) is 9.80. The molecule has 0 heterocycles. The summed E-state index contributed by atoms with van der Waals surface area (Å²) in [6.07, 6.45) is 15.5. The summed E-state index contributed by atoms with van der Waals surface area (Å²) in [5.41, 5.74) is 2.86. The molecular formula is C22H31N. The van der Waals surface area contributed by atoms with Crippen LogP contribution in [-0.2, 0) is 0 Å². The minimum Gasteiger partial charge on any atom is -0.192 e. The Morgan fingerprint density at radius 3 is 2.57 bits per heavy atom. The minimum absolute atomic E-state index is 0.555. The quantitative estimate of drug-likeness (QED) is 0.563. The van der Waals surface area contributed by atoms with Crippen LogP contribution in [0.4, 0.5) is 0 Å². The fourth-order valence-corrected chi connectivity index (χ4v) is 5.58. The van der Waals surface area contributed by atoms with E-state index in [9.17, 15) is 0 Å². The molecule has 0 saturated heterocycles. The van der Waals surface area contributed by atoms with E-state index in [4.69, 9.17) is 5.26 Å². The summed E-state index contributed by atoms with van der Waals surface area (Å²) < 4.78 is 0. The lowest BCUT2D eigenvalue weighted by molar-refractivity contribution is 0.00977. The molecule has 1 aromatic rings. The molecule has 1 heteroatoms. The number of nitriles is 1. The van der Waals surface area contributed by atoms with Crippen LogP contribution in [-0.4, -0.2) is 0 Å². The van der Waals surface area contributed by atoms with Crippen LogP contribution in [0.3, 0.4) is 0 Å². The smallest absolute Gasteiger partial charge is 0.0991 e. The Hall–Kier alpha value is -1.29. The van der Waals surface area contributed by atoms with Gasteiger partial charge in [-0.2, -0.15) is 5.26 Å². The van der Waals surface area contributed by atoms with Gasteiger partial charge in [0, 0.05) is 0 Å². The normalized spacial score (nSPS) is 30.4. The van der Waals surface area contributed by atoms with Crippen molar-refractivity contribution in [3.05, 3.63) is 35.4 Å². The maximum Gasteiger partial charge on any atom is 0.0991 e. The van der Waals surface area contributed by atoms with Gasteiger partial charge in [0.2, 0.25) is 0 Å². The molecule has 2 aliphatic carbocycles. The highest BCUT2D eigenvalue weighted by Gasteiger charge is 2.48. The second-order valence-electron chi connectivity index (χ2n) is 7.85. The van der Waals surface area contributed by atoms with Gasteiger partial charge in [0.1, 0.15) is 0 Å². The minimum atomic E-state index is 0.555. The lowest BCUT2D eigenvalue weighted by Crippen LogP contribution is -2.42. The van der Waals surface area contributed by atoms with Crippen molar-refractivity contribution in [3.63, 3.8) is 0 Å². The maximum atomic E-state index is 9.07. The van der Waals surface area contributed by atoms with E-state index in [0.717, 1.165) is 17.4 Å². The molecule has 0 aliphatic heterocycles. The number of nitrogens with zero attached hydrogens (tertiary/aromatic N) is 1. The SMILES string of the molecule is CCCCC[C@]12CCCCC1CCCC2c1ccc(C#N)cc1. The standard InChI is InChI=1S/C22H31N/c1-2-3-5-15-22-16-6-4-8-20(22)9-7-10-21(22)19-13-11-18(17-23)12-14-19/h11-14,20-21H,2-10,15-16H2,1H3/t20?,21?,22-/m0/s1. The van der Waals surface area contributed by atoms with Gasteiger partial charge in [0.15, 0.2) is 0 Å². The molecule has 0 N–H and O–H groups in total. The molecule has 3 rings (SSSR count). The highest BCUT2D eigenvalue weighted by Crippen LogP contribution is 2.59. The van der Waals surface area contributed by atoms with Crippen molar-refractivity contribution in [3.8, 4) is 6.07 Å². The van der Waals surface area contributed by atoms with Crippen molar-refractivity contribution >= 4 is 0 Å². The second kappa shape index (κ2) is 7.52. The molecule has 23 heavy (non-hydrogen) atoms. The Labute approximate surface area is 142 Å². The van der Waals surface area contributed by atoms with E-state index in [0.29, 0.717) is 5.41 Å². The fourth-order valence-electron chi connectivity index (χ4n) is 5.58. The van der Waals surface area contributed by atoms with Crippen molar-refractivity contribution in [1.29, 1.82) is 5.26 Å². The largest absolute Gasteiger partial charge is 0.192 e. The van der Waals surface area contributed by atoms with Crippen LogP contribution in [0.5, 0.6) is 0 Å². The first-order chi connectivity index (χ1) is 11.3. The zero-order chi connectivity index (χ0) is 16.1. The second-order valence-corrected chi connectivity index (χ2v) is 7.85. The molecule has 2 fully saturated rings. The molecular weight excluding hydrogens is 278 g/mol. The van der Waals surface area contributed by atoms with Crippen molar-refractivity contribution in [2.75, 3.05) is 0 Å². The monoisotopic (exact) mass is 309 g/mol.